The molecule has 2 nitrogen and oxygen atoms in total. The molecule has 122 valence electrons. The number of carbonyl (C=O) groups is 1. The Kier molecular flexibility index (Phi) is 4.05. The number of benzene rings is 1. The molecule has 0 radical (unpaired) electrons. The van der Waals surface area contributed by atoms with Crippen molar-refractivity contribution in [3.8, 4) is 0 Å². The number of hydrogen-bond acceptors (Lipinski definition) is 1. The minimum Gasteiger partial charge on any atom is -0.352 e. The highest BCUT2D eigenvalue weighted by atomic mass is 19.4. The Hall–Kier alpha value is -1.52. The molecule has 0 saturated carbocycles. The monoisotopic (exact) mass is 313 g/mol. The summed E-state index contributed by atoms with van der Waals surface area (Å²) in [4.78, 5) is 12.1. The number of carbonyl (C=O) groups excluding carboxylic acids is 1. The second kappa shape index (κ2) is 5.28. The molecule has 22 heavy (non-hydrogen) atoms. The average molecular weight is 313 g/mol. The number of piperidine rings is 1. The van der Waals surface area contributed by atoms with Gasteiger partial charge in [0, 0.05) is 16.9 Å². The molecule has 1 aromatic carbocycles. The van der Waals surface area contributed by atoms with E-state index in [0.717, 1.165) is 30.5 Å². The second-order valence-electron chi connectivity index (χ2n) is 7.25. The zero-order chi connectivity index (χ0) is 16.8. The molecule has 0 aromatic heterocycles. The maximum atomic E-state index is 12.7. The molecule has 0 aliphatic carbocycles. The summed E-state index contributed by atoms with van der Waals surface area (Å²) in [6.07, 6.45) is -2.74. The lowest BCUT2D eigenvalue weighted by atomic mass is 9.70. The summed E-state index contributed by atoms with van der Waals surface area (Å²) in [5, 5.41) is 3.03. The van der Waals surface area contributed by atoms with Crippen LogP contribution in [0.2, 0.25) is 0 Å². The van der Waals surface area contributed by atoms with E-state index in [1.165, 1.54) is 12.1 Å². The van der Waals surface area contributed by atoms with Gasteiger partial charge in [0.05, 0.1) is 5.56 Å². The lowest BCUT2D eigenvalue weighted by Crippen LogP contribution is -2.55. The van der Waals surface area contributed by atoms with E-state index in [0.29, 0.717) is 0 Å². The van der Waals surface area contributed by atoms with Crippen LogP contribution >= 0.6 is 0 Å². The SMILES string of the molecule is CC1(C)CCC(C(C)(C)c2ccc(C(F)(F)F)cc2)NC1=O. The van der Waals surface area contributed by atoms with Crippen molar-refractivity contribution in [2.45, 2.75) is 58.2 Å². The number of nitrogens with one attached hydrogen (secondary N) is 1. The molecule has 2 rings (SSSR count). The zero-order valence-electron chi connectivity index (χ0n) is 13.3. The molecule has 1 amide bonds. The Labute approximate surface area is 129 Å². The third-order valence-corrected chi connectivity index (χ3v) is 4.81. The van der Waals surface area contributed by atoms with Crippen molar-refractivity contribution in [2.24, 2.45) is 5.41 Å². The maximum absolute atomic E-state index is 12.7. The molecule has 1 aliphatic rings. The van der Waals surface area contributed by atoms with Crippen molar-refractivity contribution >= 4 is 5.91 Å². The number of amides is 1. The maximum Gasteiger partial charge on any atom is 0.416 e. The lowest BCUT2D eigenvalue weighted by molar-refractivity contribution is -0.137. The van der Waals surface area contributed by atoms with Gasteiger partial charge in [-0.15, -0.1) is 0 Å². The molecule has 1 aromatic rings. The largest absolute Gasteiger partial charge is 0.416 e. The van der Waals surface area contributed by atoms with Crippen LogP contribution in [0.5, 0.6) is 0 Å². The summed E-state index contributed by atoms with van der Waals surface area (Å²) >= 11 is 0. The van der Waals surface area contributed by atoms with Gasteiger partial charge in [0.25, 0.3) is 0 Å². The first kappa shape index (κ1) is 16.8. The van der Waals surface area contributed by atoms with Crippen molar-refractivity contribution in [3.63, 3.8) is 0 Å². The Bertz CT molecular complexity index is 558. The predicted octanol–water partition coefficient (Wildman–Crippen LogP) is 4.29. The first-order valence-electron chi connectivity index (χ1n) is 7.43. The Morgan fingerprint density at radius 2 is 1.59 bits per heavy atom. The summed E-state index contributed by atoms with van der Waals surface area (Å²) in [5.41, 5.74) is -0.658. The molecule has 1 atom stereocenters. The highest BCUT2D eigenvalue weighted by molar-refractivity contribution is 5.83. The molecular weight excluding hydrogens is 291 g/mol. The van der Waals surface area contributed by atoms with Crippen LogP contribution in [0.3, 0.4) is 0 Å². The standard InChI is InChI=1S/C17H22F3NO/c1-15(2)10-9-13(21-14(15)22)16(3,4)11-5-7-12(8-6-11)17(18,19)20/h5-8,13H,9-10H2,1-4H3,(H,21,22). The van der Waals surface area contributed by atoms with Crippen LogP contribution in [0.4, 0.5) is 13.2 Å². The number of alkyl halides is 3. The van der Waals surface area contributed by atoms with Crippen LogP contribution in [0.1, 0.15) is 51.7 Å². The molecular formula is C17H22F3NO. The van der Waals surface area contributed by atoms with Crippen LogP contribution in [0, 0.1) is 5.41 Å². The quantitative estimate of drug-likeness (QED) is 0.867. The van der Waals surface area contributed by atoms with Gasteiger partial charge in [0.2, 0.25) is 5.91 Å². The van der Waals surface area contributed by atoms with Gasteiger partial charge < -0.3 is 5.32 Å². The van der Waals surface area contributed by atoms with E-state index < -0.39 is 17.2 Å². The smallest absolute Gasteiger partial charge is 0.352 e. The van der Waals surface area contributed by atoms with Gasteiger partial charge in [0.1, 0.15) is 0 Å². The summed E-state index contributed by atoms with van der Waals surface area (Å²) in [7, 11) is 0. The topological polar surface area (TPSA) is 29.1 Å². The van der Waals surface area contributed by atoms with Crippen molar-refractivity contribution in [3.05, 3.63) is 35.4 Å². The van der Waals surface area contributed by atoms with E-state index in [-0.39, 0.29) is 17.4 Å². The van der Waals surface area contributed by atoms with Crippen molar-refractivity contribution in [1.29, 1.82) is 0 Å². The molecule has 1 fully saturated rings. The molecule has 1 N–H and O–H groups in total. The first-order chi connectivity index (χ1) is 9.94. The van der Waals surface area contributed by atoms with Crippen LogP contribution in [-0.2, 0) is 16.4 Å². The fourth-order valence-corrected chi connectivity index (χ4v) is 2.88. The van der Waals surface area contributed by atoms with Gasteiger partial charge in [-0.1, -0.05) is 39.8 Å². The van der Waals surface area contributed by atoms with Crippen molar-refractivity contribution in [2.75, 3.05) is 0 Å². The van der Waals surface area contributed by atoms with Gasteiger partial charge in [-0.25, -0.2) is 0 Å². The second-order valence-corrected chi connectivity index (χ2v) is 7.25. The third-order valence-electron chi connectivity index (χ3n) is 4.81. The first-order valence-corrected chi connectivity index (χ1v) is 7.43. The molecule has 5 heteroatoms. The Morgan fingerprint density at radius 1 is 1.09 bits per heavy atom. The molecule has 1 saturated heterocycles. The van der Waals surface area contributed by atoms with Crippen LogP contribution < -0.4 is 5.32 Å². The summed E-state index contributed by atoms with van der Waals surface area (Å²) < 4.78 is 38.0. The number of hydrogen-bond donors (Lipinski definition) is 1. The van der Waals surface area contributed by atoms with E-state index in [4.69, 9.17) is 0 Å². The van der Waals surface area contributed by atoms with Crippen molar-refractivity contribution < 1.29 is 18.0 Å². The zero-order valence-corrected chi connectivity index (χ0v) is 13.3. The Morgan fingerprint density at radius 3 is 2.05 bits per heavy atom. The molecule has 0 spiro atoms. The van der Waals surface area contributed by atoms with Gasteiger partial charge >= 0.3 is 6.18 Å². The highest BCUT2D eigenvalue weighted by Gasteiger charge is 2.41. The van der Waals surface area contributed by atoms with Crippen LogP contribution in [0.25, 0.3) is 0 Å². The minimum absolute atomic E-state index is 0.00346. The van der Waals surface area contributed by atoms with Gasteiger partial charge in [-0.2, -0.15) is 13.2 Å². The van der Waals surface area contributed by atoms with Gasteiger partial charge in [-0.05, 0) is 30.5 Å². The molecule has 1 aliphatic heterocycles. The predicted molar refractivity (Wildman–Crippen MR) is 79.4 cm³/mol. The fraction of sp³-hybridized carbons (Fsp3) is 0.588. The number of halogens is 3. The van der Waals surface area contributed by atoms with Crippen LogP contribution in [-0.4, -0.2) is 11.9 Å². The van der Waals surface area contributed by atoms with Crippen molar-refractivity contribution in [1.82, 2.24) is 5.32 Å². The summed E-state index contributed by atoms with van der Waals surface area (Å²) in [5.74, 6) is 0.00346. The summed E-state index contributed by atoms with van der Waals surface area (Å²) in [6, 6.07) is 5.14. The van der Waals surface area contributed by atoms with Gasteiger partial charge in [0.15, 0.2) is 0 Å². The van der Waals surface area contributed by atoms with E-state index in [1.807, 2.05) is 27.7 Å². The van der Waals surface area contributed by atoms with E-state index >= 15 is 0 Å². The molecule has 1 heterocycles. The summed E-state index contributed by atoms with van der Waals surface area (Å²) in [6.45, 7) is 7.73. The van der Waals surface area contributed by atoms with E-state index in [9.17, 15) is 18.0 Å². The minimum atomic E-state index is -4.33. The Balaban J connectivity index is 2.22. The lowest BCUT2D eigenvalue weighted by Gasteiger charge is -2.42. The van der Waals surface area contributed by atoms with E-state index in [1.54, 1.807) is 0 Å². The normalized spacial score (nSPS) is 22.3. The number of rotatable bonds is 2. The average Bonchev–Trinajstić information content (AvgIpc) is 2.41. The van der Waals surface area contributed by atoms with Crippen LogP contribution in [0.15, 0.2) is 24.3 Å². The van der Waals surface area contributed by atoms with Gasteiger partial charge in [-0.3, -0.25) is 4.79 Å². The highest BCUT2D eigenvalue weighted by Crippen LogP contribution is 2.38. The molecule has 1 unspecified atom stereocenters. The fourth-order valence-electron chi connectivity index (χ4n) is 2.88. The van der Waals surface area contributed by atoms with E-state index in [2.05, 4.69) is 5.32 Å². The molecule has 0 bridgehead atoms. The third kappa shape index (κ3) is 3.13.